The molecule has 34 heavy (non-hydrogen) atoms. The van der Waals surface area contributed by atoms with Gasteiger partial charge in [0.15, 0.2) is 0 Å². The lowest BCUT2D eigenvalue weighted by atomic mass is 10.1. The zero-order chi connectivity index (χ0) is 24.5. The lowest BCUT2D eigenvalue weighted by Gasteiger charge is -2.09. The van der Waals surface area contributed by atoms with Crippen LogP contribution in [0.3, 0.4) is 0 Å². The van der Waals surface area contributed by atoms with Crippen molar-refractivity contribution in [3.63, 3.8) is 0 Å². The Morgan fingerprint density at radius 3 is 2.35 bits per heavy atom. The Morgan fingerprint density at radius 2 is 1.68 bits per heavy atom. The molecule has 0 aliphatic rings. The van der Waals surface area contributed by atoms with Crippen molar-refractivity contribution in [1.82, 2.24) is 15.1 Å². The molecule has 0 saturated heterocycles. The van der Waals surface area contributed by atoms with Crippen LogP contribution in [0.25, 0.3) is 5.69 Å². The first-order valence-corrected chi connectivity index (χ1v) is 11.6. The van der Waals surface area contributed by atoms with E-state index in [1.165, 1.54) is 12.7 Å². The van der Waals surface area contributed by atoms with E-state index in [0.717, 1.165) is 41.2 Å². The van der Waals surface area contributed by atoms with Gasteiger partial charge in [-0.2, -0.15) is 5.10 Å². The number of aromatic nitrogens is 2. The summed E-state index contributed by atoms with van der Waals surface area (Å²) in [6, 6.07) is 15.4. The van der Waals surface area contributed by atoms with Gasteiger partial charge in [0.1, 0.15) is 5.75 Å². The van der Waals surface area contributed by atoms with E-state index in [2.05, 4.69) is 10.4 Å². The molecule has 3 aromatic rings. The summed E-state index contributed by atoms with van der Waals surface area (Å²) in [6.07, 6.45) is 2.61. The Bertz CT molecular complexity index is 1100. The number of carbonyl (C=O) groups is 2. The maximum absolute atomic E-state index is 12.5. The van der Waals surface area contributed by atoms with Crippen LogP contribution >= 0.6 is 0 Å². The lowest BCUT2D eigenvalue weighted by Crippen LogP contribution is -2.24. The first-order valence-electron chi connectivity index (χ1n) is 11.6. The number of rotatable bonds is 11. The Morgan fingerprint density at radius 1 is 0.971 bits per heavy atom. The molecule has 2 aromatic carbocycles. The summed E-state index contributed by atoms with van der Waals surface area (Å²) in [5, 5.41) is 7.58. The number of hydrogen-bond acceptors (Lipinski definition) is 5. The molecule has 0 fully saturated rings. The number of aryl methyl sites for hydroxylation is 2. The van der Waals surface area contributed by atoms with Crippen molar-refractivity contribution in [2.24, 2.45) is 0 Å². The third kappa shape index (κ3) is 6.70. The highest BCUT2D eigenvalue weighted by molar-refractivity contribution is 5.94. The normalized spacial score (nSPS) is 10.7. The van der Waals surface area contributed by atoms with E-state index in [9.17, 15) is 9.59 Å². The molecule has 0 radical (unpaired) electrons. The SMILES string of the molecule is COC(=O)CCc1c(C)nn(-c2ccc(C(=O)NCCCCOc3ccc(C)cc3)cc2)c1C. The standard InChI is InChI=1S/C27H33N3O4/c1-19-7-13-24(14-8-19)34-18-6-5-17-28-27(32)22-9-11-23(12-10-22)30-21(3)25(20(2)29-30)15-16-26(31)33-4/h7-14H,5-6,15-18H2,1-4H3,(H,28,32). The Kier molecular flexibility index (Phi) is 8.85. The highest BCUT2D eigenvalue weighted by Crippen LogP contribution is 2.20. The fraction of sp³-hybridized carbons (Fsp3) is 0.370. The first-order chi connectivity index (χ1) is 16.4. The average molecular weight is 464 g/mol. The number of esters is 1. The van der Waals surface area contributed by atoms with Gasteiger partial charge in [0, 0.05) is 24.2 Å². The summed E-state index contributed by atoms with van der Waals surface area (Å²) in [5.41, 5.74) is 5.58. The summed E-state index contributed by atoms with van der Waals surface area (Å²) >= 11 is 0. The quantitative estimate of drug-likeness (QED) is 0.335. The number of benzene rings is 2. The van der Waals surface area contributed by atoms with Crippen LogP contribution in [0.4, 0.5) is 0 Å². The van der Waals surface area contributed by atoms with Crippen LogP contribution in [0.1, 0.15) is 52.1 Å². The number of methoxy groups -OCH3 is 1. The molecule has 1 heterocycles. The van der Waals surface area contributed by atoms with E-state index >= 15 is 0 Å². The van der Waals surface area contributed by atoms with Crippen LogP contribution in [0.2, 0.25) is 0 Å². The second kappa shape index (κ2) is 12.0. The number of nitrogens with one attached hydrogen (secondary N) is 1. The highest BCUT2D eigenvalue weighted by Gasteiger charge is 2.15. The maximum atomic E-state index is 12.5. The van der Waals surface area contributed by atoms with Gasteiger partial charge in [0.25, 0.3) is 5.91 Å². The number of ether oxygens (including phenoxy) is 2. The van der Waals surface area contributed by atoms with Crippen molar-refractivity contribution >= 4 is 11.9 Å². The minimum absolute atomic E-state index is 0.0989. The average Bonchev–Trinajstić information content (AvgIpc) is 3.13. The van der Waals surface area contributed by atoms with Crippen LogP contribution < -0.4 is 10.1 Å². The molecule has 1 aromatic heterocycles. The molecule has 0 aliphatic carbocycles. The van der Waals surface area contributed by atoms with Crippen molar-refractivity contribution in [2.75, 3.05) is 20.3 Å². The third-order valence-corrected chi connectivity index (χ3v) is 5.77. The molecule has 0 bridgehead atoms. The van der Waals surface area contributed by atoms with Gasteiger partial charge in [-0.05, 0) is 82.0 Å². The molecule has 7 heteroatoms. The number of unbranched alkanes of at least 4 members (excludes halogenated alkanes) is 1. The maximum Gasteiger partial charge on any atom is 0.305 e. The third-order valence-electron chi connectivity index (χ3n) is 5.77. The zero-order valence-corrected chi connectivity index (χ0v) is 20.4. The fourth-order valence-electron chi connectivity index (χ4n) is 3.73. The molecule has 0 spiro atoms. The predicted molar refractivity (Wildman–Crippen MR) is 132 cm³/mol. The Labute approximate surface area is 201 Å². The van der Waals surface area contributed by atoms with Gasteiger partial charge in [-0.25, -0.2) is 4.68 Å². The summed E-state index contributed by atoms with van der Waals surface area (Å²) < 4.78 is 12.3. The zero-order valence-electron chi connectivity index (χ0n) is 20.4. The molecule has 0 saturated carbocycles. The van der Waals surface area contributed by atoms with Crippen LogP contribution in [0.5, 0.6) is 5.75 Å². The van der Waals surface area contributed by atoms with E-state index in [1.54, 1.807) is 12.1 Å². The van der Waals surface area contributed by atoms with Crippen molar-refractivity contribution < 1.29 is 19.1 Å². The smallest absolute Gasteiger partial charge is 0.305 e. The Balaban J connectivity index is 1.47. The second-order valence-electron chi connectivity index (χ2n) is 8.31. The summed E-state index contributed by atoms with van der Waals surface area (Å²) in [4.78, 5) is 24.0. The molecule has 0 atom stereocenters. The minimum atomic E-state index is -0.235. The largest absolute Gasteiger partial charge is 0.494 e. The van der Waals surface area contributed by atoms with Crippen LogP contribution in [-0.2, 0) is 16.0 Å². The molecule has 1 amide bonds. The molecular formula is C27H33N3O4. The molecule has 0 aliphatic heterocycles. The molecule has 3 rings (SSSR count). The van der Waals surface area contributed by atoms with Gasteiger partial charge < -0.3 is 14.8 Å². The predicted octanol–water partition coefficient (Wildman–Crippen LogP) is 4.49. The number of carbonyl (C=O) groups excluding carboxylic acids is 2. The van der Waals surface area contributed by atoms with Crippen molar-refractivity contribution in [3.8, 4) is 11.4 Å². The topological polar surface area (TPSA) is 82.5 Å². The second-order valence-corrected chi connectivity index (χ2v) is 8.31. The van der Waals surface area contributed by atoms with Gasteiger partial charge in [0.2, 0.25) is 0 Å². The van der Waals surface area contributed by atoms with Gasteiger partial charge in [-0.15, -0.1) is 0 Å². The molecule has 180 valence electrons. The van der Waals surface area contributed by atoms with E-state index in [4.69, 9.17) is 9.47 Å². The van der Waals surface area contributed by atoms with Crippen molar-refractivity contribution in [1.29, 1.82) is 0 Å². The number of hydrogen-bond donors (Lipinski definition) is 1. The summed E-state index contributed by atoms with van der Waals surface area (Å²) in [6.45, 7) is 7.18. The lowest BCUT2D eigenvalue weighted by molar-refractivity contribution is -0.140. The van der Waals surface area contributed by atoms with Crippen LogP contribution in [0.15, 0.2) is 48.5 Å². The van der Waals surface area contributed by atoms with Crippen molar-refractivity contribution in [3.05, 3.63) is 76.6 Å². The molecular weight excluding hydrogens is 430 g/mol. The van der Waals surface area contributed by atoms with Gasteiger partial charge in [0.05, 0.1) is 25.1 Å². The van der Waals surface area contributed by atoms with Crippen LogP contribution in [-0.4, -0.2) is 41.9 Å². The van der Waals surface area contributed by atoms with Crippen molar-refractivity contribution in [2.45, 2.75) is 46.5 Å². The van der Waals surface area contributed by atoms with Gasteiger partial charge >= 0.3 is 5.97 Å². The molecule has 1 N–H and O–H groups in total. The first kappa shape index (κ1) is 25.0. The Hall–Kier alpha value is -3.61. The number of nitrogens with zero attached hydrogens (tertiary/aromatic N) is 2. The summed E-state index contributed by atoms with van der Waals surface area (Å²) in [5.74, 6) is 0.534. The van der Waals surface area contributed by atoms with E-state index < -0.39 is 0 Å². The van der Waals surface area contributed by atoms with Gasteiger partial charge in [-0.3, -0.25) is 9.59 Å². The monoisotopic (exact) mass is 463 g/mol. The van der Waals surface area contributed by atoms with Gasteiger partial charge in [-0.1, -0.05) is 17.7 Å². The number of amides is 1. The van der Waals surface area contributed by atoms with E-state index in [0.29, 0.717) is 31.6 Å². The molecule has 0 unspecified atom stereocenters. The van der Waals surface area contributed by atoms with Crippen LogP contribution in [0, 0.1) is 20.8 Å². The minimum Gasteiger partial charge on any atom is -0.494 e. The summed E-state index contributed by atoms with van der Waals surface area (Å²) in [7, 11) is 1.39. The molecule has 7 nitrogen and oxygen atoms in total. The van der Waals surface area contributed by atoms with E-state index in [-0.39, 0.29) is 11.9 Å². The highest BCUT2D eigenvalue weighted by atomic mass is 16.5. The van der Waals surface area contributed by atoms with E-state index in [1.807, 2.05) is 61.9 Å². The fourth-order valence-corrected chi connectivity index (χ4v) is 3.73.